The fraction of sp³-hybridized carbons (Fsp3) is 0.304. The summed E-state index contributed by atoms with van der Waals surface area (Å²) >= 11 is 0. The Labute approximate surface area is 179 Å². The molecule has 2 heterocycles. The van der Waals surface area contributed by atoms with Crippen molar-refractivity contribution >= 4 is 17.4 Å². The Balaban J connectivity index is 1.84. The molecule has 0 aliphatic carbocycles. The van der Waals surface area contributed by atoms with Crippen molar-refractivity contribution < 1.29 is 33.6 Å². The van der Waals surface area contributed by atoms with Gasteiger partial charge in [0.15, 0.2) is 11.5 Å². The normalized spacial score (nSPS) is 19.5. The third-order valence-corrected chi connectivity index (χ3v) is 5.30. The Kier molecular flexibility index (Phi) is 5.81. The van der Waals surface area contributed by atoms with Gasteiger partial charge >= 0.3 is 0 Å². The van der Waals surface area contributed by atoms with Crippen LogP contribution in [-0.2, 0) is 14.3 Å². The van der Waals surface area contributed by atoms with Crippen LogP contribution in [-0.4, -0.2) is 62.3 Å². The van der Waals surface area contributed by atoms with Gasteiger partial charge in [-0.25, -0.2) is 0 Å². The van der Waals surface area contributed by atoms with Crippen LogP contribution in [0.2, 0.25) is 0 Å². The molecule has 0 radical (unpaired) electrons. The van der Waals surface area contributed by atoms with E-state index in [0.717, 1.165) is 0 Å². The fourth-order valence-corrected chi connectivity index (χ4v) is 3.80. The molecule has 0 saturated carbocycles. The van der Waals surface area contributed by atoms with Crippen molar-refractivity contribution in [3.63, 3.8) is 0 Å². The Bertz CT molecular complexity index is 1050. The van der Waals surface area contributed by atoms with Gasteiger partial charge in [-0.1, -0.05) is 12.1 Å². The molecule has 2 aliphatic heterocycles. The molecule has 1 fully saturated rings. The van der Waals surface area contributed by atoms with Gasteiger partial charge in [0.05, 0.1) is 25.3 Å². The predicted octanol–water partition coefficient (Wildman–Crippen LogP) is 2.53. The molecule has 8 heteroatoms. The summed E-state index contributed by atoms with van der Waals surface area (Å²) in [6.45, 7) is 1.28. The van der Waals surface area contributed by atoms with Crippen molar-refractivity contribution in [3.05, 3.63) is 59.2 Å². The Morgan fingerprint density at radius 3 is 2.61 bits per heavy atom. The van der Waals surface area contributed by atoms with Crippen molar-refractivity contribution in [2.75, 3.05) is 40.6 Å². The molecule has 162 valence electrons. The molecule has 2 aliphatic rings. The number of ether oxygens (including phenoxy) is 4. The van der Waals surface area contributed by atoms with Gasteiger partial charge in [0, 0.05) is 19.2 Å². The summed E-state index contributed by atoms with van der Waals surface area (Å²) in [4.78, 5) is 27.2. The molecule has 1 unspecified atom stereocenters. The molecule has 0 aromatic heterocycles. The molecule has 1 saturated heterocycles. The van der Waals surface area contributed by atoms with Gasteiger partial charge in [-0.2, -0.15) is 0 Å². The highest BCUT2D eigenvalue weighted by molar-refractivity contribution is 6.46. The van der Waals surface area contributed by atoms with Crippen LogP contribution in [0.25, 0.3) is 5.76 Å². The van der Waals surface area contributed by atoms with E-state index in [4.69, 9.17) is 18.9 Å². The Hall–Kier alpha value is -3.52. The largest absolute Gasteiger partial charge is 0.507 e. The number of ketones is 1. The van der Waals surface area contributed by atoms with E-state index >= 15 is 0 Å². The van der Waals surface area contributed by atoms with Gasteiger partial charge in [0.2, 0.25) is 0 Å². The second-order valence-corrected chi connectivity index (χ2v) is 7.12. The molecule has 1 atom stereocenters. The fourth-order valence-electron chi connectivity index (χ4n) is 3.80. The Morgan fingerprint density at radius 2 is 1.87 bits per heavy atom. The van der Waals surface area contributed by atoms with E-state index in [1.807, 2.05) is 0 Å². The smallest absolute Gasteiger partial charge is 0.295 e. The van der Waals surface area contributed by atoms with E-state index < -0.39 is 17.7 Å². The predicted molar refractivity (Wildman–Crippen MR) is 111 cm³/mol. The first-order valence-corrected chi connectivity index (χ1v) is 9.86. The lowest BCUT2D eigenvalue weighted by Gasteiger charge is -2.25. The molecule has 0 spiro atoms. The monoisotopic (exact) mass is 425 g/mol. The highest BCUT2D eigenvalue weighted by atomic mass is 16.6. The number of carbonyl (C=O) groups is 2. The van der Waals surface area contributed by atoms with Crippen LogP contribution in [0, 0.1) is 0 Å². The van der Waals surface area contributed by atoms with Crippen molar-refractivity contribution in [1.29, 1.82) is 0 Å². The zero-order chi connectivity index (χ0) is 22.0. The number of hydrogen-bond donors (Lipinski definition) is 1. The third kappa shape index (κ3) is 3.82. The van der Waals surface area contributed by atoms with Crippen LogP contribution in [0.15, 0.2) is 48.0 Å². The van der Waals surface area contributed by atoms with Gasteiger partial charge < -0.3 is 29.0 Å². The topological polar surface area (TPSA) is 94.5 Å². The number of rotatable bonds is 6. The molecule has 4 rings (SSSR count). The molecular formula is C23H23NO7. The molecule has 2 aromatic carbocycles. The first-order valence-electron chi connectivity index (χ1n) is 9.86. The summed E-state index contributed by atoms with van der Waals surface area (Å²) in [6.07, 6.45) is 0. The summed E-state index contributed by atoms with van der Waals surface area (Å²) in [6, 6.07) is 11.2. The van der Waals surface area contributed by atoms with Crippen LogP contribution in [0.3, 0.4) is 0 Å². The second kappa shape index (κ2) is 8.69. The minimum Gasteiger partial charge on any atom is -0.507 e. The first kappa shape index (κ1) is 20.7. The minimum absolute atomic E-state index is 0.00559. The number of Topliss-reactive ketones (excluding diaryl/α,β-unsaturated/α-hetero) is 1. The van der Waals surface area contributed by atoms with Gasteiger partial charge in [0.1, 0.15) is 24.7 Å². The number of methoxy groups -OCH3 is 2. The number of likely N-dealkylation sites (tertiary alicyclic amines) is 1. The molecule has 1 N–H and O–H groups in total. The number of fused-ring (bicyclic) bond motifs is 1. The van der Waals surface area contributed by atoms with Gasteiger partial charge in [0.25, 0.3) is 11.7 Å². The lowest BCUT2D eigenvalue weighted by molar-refractivity contribution is -0.140. The molecule has 1 amide bonds. The SMILES string of the molecule is COCCN1C(=O)C(=O)/C(=C(/O)c2ccc3c(c2)OCCO3)C1c1cccc(OC)c1. The highest BCUT2D eigenvalue weighted by Gasteiger charge is 2.46. The number of hydrogen-bond acceptors (Lipinski definition) is 7. The average molecular weight is 425 g/mol. The third-order valence-electron chi connectivity index (χ3n) is 5.30. The summed E-state index contributed by atoms with van der Waals surface area (Å²) in [7, 11) is 3.06. The highest BCUT2D eigenvalue weighted by Crippen LogP contribution is 2.41. The maximum absolute atomic E-state index is 13.0. The van der Waals surface area contributed by atoms with E-state index in [1.54, 1.807) is 42.5 Å². The lowest BCUT2D eigenvalue weighted by atomic mass is 9.95. The van der Waals surface area contributed by atoms with Crippen LogP contribution in [0.5, 0.6) is 17.2 Å². The minimum atomic E-state index is -0.779. The number of nitrogens with zero attached hydrogens (tertiary/aromatic N) is 1. The van der Waals surface area contributed by atoms with Crippen LogP contribution in [0.4, 0.5) is 0 Å². The van der Waals surface area contributed by atoms with Crippen molar-refractivity contribution in [1.82, 2.24) is 4.90 Å². The van der Waals surface area contributed by atoms with E-state index in [1.165, 1.54) is 19.1 Å². The van der Waals surface area contributed by atoms with Gasteiger partial charge in [-0.15, -0.1) is 0 Å². The number of aliphatic hydroxyl groups excluding tert-OH is 1. The van der Waals surface area contributed by atoms with Gasteiger partial charge in [-0.05, 0) is 35.9 Å². The maximum Gasteiger partial charge on any atom is 0.295 e. The van der Waals surface area contributed by atoms with Crippen LogP contribution >= 0.6 is 0 Å². The first-order chi connectivity index (χ1) is 15.0. The van der Waals surface area contributed by atoms with Crippen LogP contribution < -0.4 is 14.2 Å². The standard InChI is InChI=1S/C23H23NO7/c1-28-9-8-24-20(14-4-3-5-16(12-14)29-2)19(22(26)23(24)27)21(25)15-6-7-17-18(13-15)31-11-10-30-17/h3-7,12-13,20,25H,8-11H2,1-2H3/b21-19+. The number of carbonyl (C=O) groups excluding carboxylic acids is 2. The summed E-state index contributed by atoms with van der Waals surface area (Å²) in [5, 5.41) is 11.1. The summed E-state index contributed by atoms with van der Waals surface area (Å²) < 4.78 is 21.5. The second-order valence-electron chi connectivity index (χ2n) is 7.12. The molecule has 0 bridgehead atoms. The van der Waals surface area contributed by atoms with Crippen molar-refractivity contribution in [3.8, 4) is 17.2 Å². The number of amides is 1. The molecule has 2 aromatic rings. The molecular weight excluding hydrogens is 402 g/mol. The van der Waals surface area contributed by atoms with E-state index in [0.29, 0.717) is 41.6 Å². The Morgan fingerprint density at radius 1 is 1.10 bits per heavy atom. The lowest BCUT2D eigenvalue weighted by Crippen LogP contribution is -2.32. The quantitative estimate of drug-likeness (QED) is 0.432. The van der Waals surface area contributed by atoms with Crippen LogP contribution in [0.1, 0.15) is 17.2 Å². The van der Waals surface area contributed by atoms with Gasteiger partial charge in [-0.3, -0.25) is 9.59 Å². The van der Waals surface area contributed by atoms with E-state index in [-0.39, 0.29) is 24.5 Å². The van der Waals surface area contributed by atoms with Crippen molar-refractivity contribution in [2.24, 2.45) is 0 Å². The summed E-state index contributed by atoms with van der Waals surface area (Å²) in [5.74, 6) is -0.105. The zero-order valence-corrected chi connectivity index (χ0v) is 17.3. The number of benzene rings is 2. The summed E-state index contributed by atoms with van der Waals surface area (Å²) in [5.41, 5.74) is 1.02. The average Bonchev–Trinajstić information content (AvgIpc) is 3.06. The van der Waals surface area contributed by atoms with E-state index in [2.05, 4.69) is 0 Å². The maximum atomic E-state index is 13.0. The zero-order valence-electron chi connectivity index (χ0n) is 17.3. The van der Waals surface area contributed by atoms with Crippen molar-refractivity contribution in [2.45, 2.75) is 6.04 Å². The van der Waals surface area contributed by atoms with E-state index in [9.17, 15) is 14.7 Å². The number of aliphatic hydroxyl groups is 1. The molecule has 8 nitrogen and oxygen atoms in total. The molecule has 31 heavy (non-hydrogen) atoms.